The maximum Gasteiger partial charge on any atom is 0.573 e. The van der Waals surface area contributed by atoms with E-state index in [0.717, 1.165) is 12.1 Å². The molecule has 28 heavy (non-hydrogen) atoms. The van der Waals surface area contributed by atoms with Crippen LogP contribution in [-0.4, -0.2) is 34.2 Å². The second-order valence-electron chi connectivity index (χ2n) is 5.63. The van der Waals surface area contributed by atoms with E-state index < -0.39 is 23.8 Å². The molecule has 11 heteroatoms. The van der Waals surface area contributed by atoms with Crippen molar-refractivity contribution in [2.75, 3.05) is 7.11 Å². The minimum atomic E-state index is -5.03. The Hall–Kier alpha value is -3.21. The monoisotopic (exact) mass is 398 g/mol. The smallest absolute Gasteiger partial charge is 0.403 e. The van der Waals surface area contributed by atoms with Gasteiger partial charge in [0.05, 0.1) is 17.8 Å². The summed E-state index contributed by atoms with van der Waals surface area (Å²) < 4.78 is 60.4. The molecular weight excluding hydrogens is 384 g/mol. The third kappa shape index (κ3) is 4.36. The van der Waals surface area contributed by atoms with Gasteiger partial charge in [0, 0.05) is 31.0 Å². The molecule has 0 aliphatic heterocycles. The molecule has 1 aromatic carbocycles. The maximum atomic E-state index is 13.8. The molecule has 1 amide bonds. The number of nitrogens with zero attached hydrogens (tertiary/aromatic N) is 3. The third-order valence-electron chi connectivity index (χ3n) is 3.73. The third-order valence-corrected chi connectivity index (χ3v) is 3.73. The van der Waals surface area contributed by atoms with Gasteiger partial charge in [0.1, 0.15) is 0 Å². The highest BCUT2D eigenvalue weighted by molar-refractivity contribution is 5.94. The molecule has 2 aromatic heterocycles. The largest absolute Gasteiger partial charge is 0.573 e. The van der Waals surface area contributed by atoms with Crippen molar-refractivity contribution in [2.24, 2.45) is 0 Å². The minimum absolute atomic E-state index is 0.0368. The maximum absolute atomic E-state index is 13.8. The number of rotatable bonds is 6. The lowest BCUT2D eigenvalue weighted by Crippen LogP contribution is -2.24. The minimum Gasteiger partial charge on any atom is -0.403 e. The van der Waals surface area contributed by atoms with Crippen LogP contribution in [0.1, 0.15) is 21.6 Å². The standard InChI is InChI=1S/C17H14F4N4O3/c1-27-9-13-11(14-3-2-6-23-25(14)24-13)8-22-16(26)10-4-5-15(12(18)7-10)28-17(19,20)21/h2-7H,8-9H2,1H3,(H,22,26). The van der Waals surface area contributed by atoms with Gasteiger partial charge in [-0.1, -0.05) is 0 Å². The van der Waals surface area contributed by atoms with Crippen LogP contribution >= 0.6 is 0 Å². The number of hydrogen-bond acceptors (Lipinski definition) is 5. The molecule has 7 nitrogen and oxygen atoms in total. The molecule has 2 heterocycles. The molecule has 0 aliphatic carbocycles. The fraction of sp³-hybridized carbons (Fsp3) is 0.235. The highest BCUT2D eigenvalue weighted by Gasteiger charge is 2.32. The molecule has 1 N–H and O–H groups in total. The van der Waals surface area contributed by atoms with E-state index in [4.69, 9.17) is 4.74 Å². The van der Waals surface area contributed by atoms with Crippen molar-refractivity contribution >= 4 is 11.4 Å². The summed E-state index contributed by atoms with van der Waals surface area (Å²) in [4.78, 5) is 12.3. The molecule has 0 fully saturated rings. The molecule has 0 spiro atoms. The van der Waals surface area contributed by atoms with E-state index in [1.165, 1.54) is 11.7 Å². The number of carbonyl (C=O) groups is 1. The number of amides is 1. The van der Waals surface area contributed by atoms with E-state index in [1.807, 2.05) is 0 Å². The second-order valence-corrected chi connectivity index (χ2v) is 5.63. The van der Waals surface area contributed by atoms with Gasteiger partial charge in [0.15, 0.2) is 11.6 Å². The lowest BCUT2D eigenvalue weighted by Gasteiger charge is -2.11. The summed E-state index contributed by atoms with van der Waals surface area (Å²) in [7, 11) is 1.49. The van der Waals surface area contributed by atoms with Gasteiger partial charge in [0.25, 0.3) is 5.91 Å². The summed E-state index contributed by atoms with van der Waals surface area (Å²) in [5, 5.41) is 10.9. The lowest BCUT2D eigenvalue weighted by molar-refractivity contribution is -0.275. The van der Waals surface area contributed by atoms with Gasteiger partial charge in [-0.25, -0.2) is 4.39 Å². The van der Waals surface area contributed by atoms with Crippen LogP contribution in [0.3, 0.4) is 0 Å². The summed E-state index contributed by atoms with van der Waals surface area (Å²) in [6.45, 7) is 0.224. The molecule has 0 bridgehead atoms. The Morgan fingerprint density at radius 3 is 2.75 bits per heavy atom. The Balaban J connectivity index is 1.77. The van der Waals surface area contributed by atoms with Crippen LogP contribution in [0.2, 0.25) is 0 Å². The van der Waals surface area contributed by atoms with Gasteiger partial charge in [-0.3, -0.25) is 4.79 Å². The van der Waals surface area contributed by atoms with Gasteiger partial charge in [-0.15, -0.1) is 13.2 Å². The summed E-state index contributed by atoms with van der Waals surface area (Å²) >= 11 is 0. The zero-order valence-corrected chi connectivity index (χ0v) is 14.5. The molecule has 3 aromatic rings. The van der Waals surface area contributed by atoms with Crippen molar-refractivity contribution in [3.63, 3.8) is 0 Å². The van der Waals surface area contributed by atoms with E-state index in [1.54, 1.807) is 18.3 Å². The molecule has 0 saturated carbocycles. The zero-order chi connectivity index (χ0) is 20.3. The highest BCUT2D eigenvalue weighted by atomic mass is 19.4. The van der Waals surface area contributed by atoms with Gasteiger partial charge >= 0.3 is 6.36 Å². The van der Waals surface area contributed by atoms with Gasteiger partial charge < -0.3 is 14.8 Å². The molecule has 3 rings (SSSR count). The van der Waals surface area contributed by atoms with E-state index in [9.17, 15) is 22.4 Å². The molecule has 0 unspecified atom stereocenters. The second kappa shape index (κ2) is 7.80. The van der Waals surface area contributed by atoms with Crippen LogP contribution in [0.5, 0.6) is 5.75 Å². The first-order valence-electron chi connectivity index (χ1n) is 7.92. The van der Waals surface area contributed by atoms with Crippen molar-refractivity contribution < 1.29 is 31.8 Å². The van der Waals surface area contributed by atoms with Crippen molar-refractivity contribution in [1.82, 2.24) is 20.1 Å². The average Bonchev–Trinajstić information content (AvgIpc) is 2.98. The number of hydrogen-bond donors (Lipinski definition) is 1. The number of alkyl halides is 3. The summed E-state index contributed by atoms with van der Waals surface area (Å²) in [6.07, 6.45) is -3.48. The molecule has 0 aliphatic rings. The zero-order valence-electron chi connectivity index (χ0n) is 14.5. The predicted octanol–water partition coefficient (Wildman–Crippen LogP) is 2.84. The fourth-order valence-corrected chi connectivity index (χ4v) is 2.55. The van der Waals surface area contributed by atoms with Crippen molar-refractivity contribution in [3.05, 3.63) is 59.2 Å². The first-order chi connectivity index (χ1) is 13.3. The molecule has 148 valence electrons. The van der Waals surface area contributed by atoms with Gasteiger partial charge in [-0.05, 0) is 30.3 Å². The van der Waals surface area contributed by atoms with Crippen LogP contribution < -0.4 is 10.1 Å². The molecule has 0 saturated heterocycles. The molecular formula is C17H14F4N4O3. The van der Waals surface area contributed by atoms with Crippen LogP contribution in [0.4, 0.5) is 17.6 Å². The van der Waals surface area contributed by atoms with Crippen LogP contribution in [0, 0.1) is 5.82 Å². The number of carbonyl (C=O) groups excluding carboxylic acids is 1. The lowest BCUT2D eigenvalue weighted by atomic mass is 10.1. The number of fused-ring (bicyclic) bond motifs is 1. The Bertz CT molecular complexity index is 1000. The number of methoxy groups -OCH3 is 1. The summed E-state index contributed by atoms with van der Waals surface area (Å²) in [5.74, 6) is -2.99. The summed E-state index contributed by atoms with van der Waals surface area (Å²) in [6, 6.07) is 5.90. The Labute approximate surface area is 155 Å². The predicted molar refractivity (Wildman–Crippen MR) is 88.0 cm³/mol. The van der Waals surface area contributed by atoms with E-state index in [0.29, 0.717) is 22.8 Å². The van der Waals surface area contributed by atoms with E-state index in [-0.39, 0.29) is 18.7 Å². The normalized spacial score (nSPS) is 11.6. The molecule has 0 radical (unpaired) electrons. The highest BCUT2D eigenvalue weighted by Crippen LogP contribution is 2.26. The van der Waals surface area contributed by atoms with Crippen LogP contribution in [0.25, 0.3) is 5.52 Å². The quantitative estimate of drug-likeness (QED) is 0.646. The topological polar surface area (TPSA) is 77.8 Å². The van der Waals surface area contributed by atoms with Crippen molar-refractivity contribution in [1.29, 1.82) is 0 Å². The van der Waals surface area contributed by atoms with Gasteiger partial charge in [0.2, 0.25) is 0 Å². The Kier molecular flexibility index (Phi) is 5.45. The van der Waals surface area contributed by atoms with E-state index >= 15 is 0 Å². The van der Waals surface area contributed by atoms with Gasteiger partial charge in [-0.2, -0.15) is 14.8 Å². The summed E-state index contributed by atoms with van der Waals surface area (Å²) in [5.41, 5.74) is 1.70. The SMILES string of the molecule is COCc1nn2ncccc2c1CNC(=O)c1ccc(OC(F)(F)F)c(F)c1. The first-order valence-corrected chi connectivity index (χ1v) is 7.92. The average molecular weight is 398 g/mol. The molecule has 0 atom stereocenters. The number of halogens is 4. The number of ether oxygens (including phenoxy) is 2. The van der Waals surface area contributed by atoms with Crippen molar-refractivity contribution in [2.45, 2.75) is 19.5 Å². The van der Waals surface area contributed by atoms with E-state index in [2.05, 4.69) is 20.3 Å². The van der Waals surface area contributed by atoms with Crippen LogP contribution in [0.15, 0.2) is 36.5 Å². The van der Waals surface area contributed by atoms with Crippen molar-refractivity contribution in [3.8, 4) is 5.75 Å². The first kappa shape index (κ1) is 19.5. The number of benzene rings is 1. The fourth-order valence-electron chi connectivity index (χ4n) is 2.55. The number of nitrogens with one attached hydrogen (secondary N) is 1. The Morgan fingerprint density at radius 1 is 1.29 bits per heavy atom. The number of aromatic nitrogens is 3. The van der Waals surface area contributed by atoms with Crippen LogP contribution in [-0.2, 0) is 17.9 Å². The Morgan fingerprint density at radius 2 is 2.07 bits per heavy atom.